The second-order valence-corrected chi connectivity index (χ2v) is 7.56. The average molecular weight is 338 g/mol. The molecule has 130 valence electrons. The molecule has 2 aliphatic carbocycles. The highest BCUT2D eigenvalue weighted by atomic mass is 16.2. The molecule has 2 fully saturated rings. The summed E-state index contributed by atoms with van der Waals surface area (Å²) in [6.07, 6.45) is 11.2. The first kappa shape index (κ1) is 14.9. The molecule has 0 atom stereocenters. The Kier molecular flexibility index (Phi) is 3.33. The normalized spacial score (nSPS) is 19.0. The quantitative estimate of drug-likeness (QED) is 0.798. The summed E-state index contributed by atoms with van der Waals surface area (Å²) in [4.78, 5) is 33.8. The molecule has 2 aliphatic rings. The van der Waals surface area contributed by atoms with E-state index in [-0.39, 0.29) is 17.3 Å². The number of pyridine rings is 1. The van der Waals surface area contributed by atoms with Crippen molar-refractivity contribution in [1.82, 2.24) is 19.1 Å². The molecule has 1 N–H and O–H groups in total. The Morgan fingerprint density at radius 1 is 1.08 bits per heavy atom. The number of fused-ring (bicyclic) bond motifs is 3. The molecule has 5 rings (SSSR count). The van der Waals surface area contributed by atoms with Crippen molar-refractivity contribution >= 4 is 21.9 Å². The molecule has 3 heterocycles. The van der Waals surface area contributed by atoms with Gasteiger partial charge in [-0.25, -0.2) is 9.78 Å². The lowest BCUT2D eigenvalue weighted by Gasteiger charge is -2.26. The molecule has 6 heteroatoms. The van der Waals surface area contributed by atoms with Crippen molar-refractivity contribution in [3.8, 4) is 0 Å². The summed E-state index contributed by atoms with van der Waals surface area (Å²) >= 11 is 0. The number of nitrogens with zero attached hydrogens (tertiary/aromatic N) is 3. The topological polar surface area (TPSA) is 72.7 Å². The molecule has 0 amide bonds. The van der Waals surface area contributed by atoms with E-state index in [2.05, 4.69) is 9.97 Å². The van der Waals surface area contributed by atoms with E-state index in [1.165, 1.54) is 11.0 Å². The van der Waals surface area contributed by atoms with E-state index < -0.39 is 0 Å². The van der Waals surface area contributed by atoms with E-state index in [4.69, 9.17) is 0 Å². The highest BCUT2D eigenvalue weighted by molar-refractivity contribution is 6.01. The van der Waals surface area contributed by atoms with E-state index in [9.17, 15) is 9.59 Å². The first-order valence-electron chi connectivity index (χ1n) is 9.35. The summed E-state index contributed by atoms with van der Waals surface area (Å²) in [5.74, 6) is 0.478. The lowest BCUT2D eigenvalue weighted by Crippen LogP contribution is -2.42. The van der Waals surface area contributed by atoms with Gasteiger partial charge >= 0.3 is 5.69 Å². The summed E-state index contributed by atoms with van der Waals surface area (Å²) in [5, 5.41) is 1.44. The Hall–Kier alpha value is -2.37. The Morgan fingerprint density at radius 3 is 2.64 bits per heavy atom. The molecule has 0 radical (unpaired) electrons. The van der Waals surface area contributed by atoms with Crippen LogP contribution in [0.5, 0.6) is 0 Å². The summed E-state index contributed by atoms with van der Waals surface area (Å²) in [6, 6.07) is 2.10. The van der Waals surface area contributed by atoms with E-state index in [1.54, 1.807) is 6.20 Å². The van der Waals surface area contributed by atoms with Gasteiger partial charge in [-0.05, 0) is 37.7 Å². The molecule has 3 aromatic rings. The number of hydrogen-bond acceptors (Lipinski definition) is 3. The van der Waals surface area contributed by atoms with Crippen LogP contribution in [-0.2, 0) is 6.54 Å². The lowest BCUT2D eigenvalue weighted by atomic mass is 9.95. The van der Waals surface area contributed by atoms with Crippen LogP contribution in [0.2, 0.25) is 0 Å². The van der Waals surface area contributed by atoms with Crippen LogP contribution in [0.3, 0.4) is 0 Å². The number of aromatic amines is 1. The lowest BCUT2D eigenvalue weighted by molar-refractivity contribution is 0.342. The van der Waals surface area contributed by atoms with Crippen LogP contribution in [0.15, 0.2) is 28.0 Å². The van der Waals surface area contributed by atoms with Gasteiger partial charge in [0.25, 0.3) is 5.56 Å². The molecule has 0 aliphatic heterocycles. The third-order valence-corrected chi connectivity index (χ3v) is 5.79. The number of rotatable bonds is 3. The number of nitrogens with one attached hydrogen (secondary N) is 1. The van der Waals surface area contributed by atoms with E-state index in [1.807, 2.05) is 16.8 Å². The zero-order chi connectivity index (χ0) is 17.0. The second kappa shape index (κ2) is 5.58. The molecular formula is C19H22N4O2. The van der Waals surface area contributed by atoms with Gasteiger partial charge in [0, 0.05) is 30.4 Å². The fourth-order valence-corrected chi connectivity index (χ4v) is 4.27. The zero-order valence-electron chi connectivity index (χ0n) is 14.2. The summed E-state index contributed by atoms with van der Waals surface area (Å²) in [7, 11) is 0. The van der Waals surface area contributed by atoms with Crippen LogP contribution in [0.4, 0.5) is 0 Å². The second-order valence-electron chi connectivity index (χ2n) is 7.56. The van der Waals surface area contributed by atoms with Gasteiger partial charge in [-0.2, -0.15) is 0 Å². The summed E-state index contributed by atoms with van der Waals surface area (Å²) < 4.78 is 3.38. The van der Waals surface area contributed by atoms with Crippen molar-refractivity contribution in [1.29, 1.82) is 0 Å². The molecule has 0 aromatic carbocycles. The highest BCUT2D eigenvalue weighted by Crippen LogP contribution is 2.32. The van der Waals surface area contributed by atoms with Crippen LogP contribution in [0.25, 0.3) is 21.9 Å². The highest BCUT2D eigenvalue weighted by Gasteiger charge is 2.27. The molecule has 0 bridgehead atoms. The van der Waals surface area contributed by atoms with Crippen LogP contribution in [-0.4, -0.2) is 19.1 Å². The Morgan fingerprint density at radius 2 is 1.88 bits per heavy atom. The van der Waals surface area contributed by atoms with Gasteiger partial charge in [0.05, 0.1) is 10.9 Å². The average Bonchev–Trinajstić information content (AvgIpc) is 3.33. The Labute approximate surface area is 144 Å². The van der Waals surface area contributed by atoms with Crippen LogP contribution < -0.4 is 11.2 Å². The van der Waals surface area contributed by atoms with Gasteiger partial charge in [-0.3, -0.25) is 13.9 Å². The van der Waals surface area contributed by atoms with E-state index >= 15 is 0 Å². The maximum atomic E-state index is 13.3. The maximum absolute atomic E-state index is 13.3. The van der Waals surface area contributed by atoms with E-state index in [0.717, 1.165) is 55.1 Å². The minimum Gasteiger partial charge on any atom is -0.346 e. The van der Waals surface area contributed by atoms with Gasteiger partial charge in [-0.15, -0.1) is 0 Å². The molecule has 25 heavy (non-hydrogen) atoms. The minimum absolute atomic E-state index is 0.134. The molecule has 2 saturated carbocycles. The Bertz CT molecular complexity index is 1060. The third-order valence-electron chi connectivity index (χ3n) is 5.79. The molecular weight excluding hydrogens is 316 g/mol. The smallest absolute Gasteiger partial charge is 0.331 e. The fourth-order valence-electron chi connectivity index (χ4n) is 4.27. The van der Waals surface area contributed by atoms with Gasteiger partial charge in [-0.1, -0.05) is 19.3 Å². The predicted molar refractivity (Wildman–Crippen MR) is 97.0 cm³/mol. The number of H-pyrrole nitrogens is 1. The van der Waals surface area contributed by atoms with Gasteiger partial charge < -0.3 is 4.98 Å². The van der Waals surface area contributed by atoms with Crippen molar-refractivity contribution in [2.24, 2.45) is 5.92 Å². The minimum atomic E-state index is -0.186. The SMILES string of the molecule is O=c1c2cnc3[nH]ccc3c2n(C2CCCCC2)c(=O)n1CC1CC1. The molecule has 6 nitrogen and oxygen atoms in total. The van der Waals surface area contributed by atoms with Crippen LogP contribution in [0, 0.1) is 5.92 Å². The van der Waals surface area contributed by atoms with Crippen molar-refractivity contribution < 1.29 is 0 Å². The van der Waals surface area contributed by atoms with Gasteiger partial charge in [0.1, 0.15) is 5.65 Å². The first-order chi connectivity index (χ1) is 12.2. The zero-order valence-corrected chi connectivity index (χ0v) is 14.2. The van der Waals surface area contributed by atoms with Crippen LogP contribution in [0.1, 0.15) is 51.0 Å². The molecule has 0 spiro atoms. The molecule has 0 saturated heterocycles. The van der Waals surface area contributed by atoms with Gasteiger partial charge in [0.2, 0.25) is 0 Å². The summed E-state index contributed by atoms with van der Waals surface area (Å²) in [6.45, 7) is 0.547. The molecule has 0 unspecified atom stereocenters. The van der Waals surface area contributed by atoms with Crippen molar-refractivity contribution in [3.63, 3.8) is 0 Å². The first-order valence-corrected chi connectivity index (χ1v) is 9.35. The Balaban J connectivity index is 1.87. The summed E-state index contributed by atoms with van der Waals surface area (Å²) in [5.41, 5.74) is 1.18. The molecule has 3 aromatic heterocycles. The van der Waals surface area contributed by atoms with Gasteiger partial charge in [0.15, 0.2) is 0 Å². The number of hydrogen-bond donors (Lipinski definition) is 1. The predicted octanol–water partition coefficient (Wildman–Crippen LogP) is 2.95. The van der Waals surface area contributed by atoms with Crippen LogP contribution >= 0.6 is 0 Å². The standard InChI is InChI=1S/C19H22N4O2/c24-18-15-10-21-17-14(8-9-20-17)16(15)23(13-4-2-1-3-5-13)19(25)22(18)11-12-6-7-12/h8-10,12-13H,1-7,11H2,(H,20,21). The van der Waals surface area contributed by atoms with Crippen molar-refractivity contribution in [2.75, 3.05) is 0 Å². The van der Waals surface area contributed by atoms with Crippen molar-refractivity contribution in [2.45, 2.75) is 57.5 Å². The third kappa shape index (κ3) is 2.34. The van der Waals surface area contributed by atoms with Crippen molar-refractivity contribution in [3.05, 3.63) is 39.3 Å². The maximum Gasteiger partial charge on any atom is 0.331 e. The largest absolute Gasteiger partial charge is 0.346 e. The number of aromatic nitrogens is 4. The fraction of sp³-hybridized carbons (Fsp3) is 0.526. The monoisotopic (exact) mass is 338 g/mol. The van der Waals surface area contributed by atoms with E-state index in [0.29, 0.717) is 17.8 Å².